The van der Waals surface area contributed by atoms with Gasteiger partial charge in [-0.15, -0.1) is 0 Å². The Hall–Kier alpha value is -1.32. The van der Waals surface area contributed by atoms with Gasteiger partial charge in [0.15, 0.2) is 0 Å². The van der Waals surface area contributed by atoms with Crippen LogP contribution in [0.4, 0.5) is 5.82 Å². The maximum atomic E-state index is 12.1. The summed E-state index contributed by atoms with van der Waals surface area (Å²) in [5.74, 6) is 2.45. The van der Waals surface area contributed by atoms with Crippen LogP contribution in [0, 0.1) is 5.92 Å². The van der Waals surface area contributed by atoms with Crippen LogP contribution < -0.4 is 11.3 Å². The Morgan fingerprint density at radius 3 is 2.74 bits per heavy atom. The molecular weight excluding hydrogens is 238 g/mol. The molecule has 1 heterocycles. The summed E-state index contributed by atoms with van der Waals surface area (Å²) in [7, 11) is 0. The van der Waals surface area contributed by atoms with E-state index in [4.69, 9.17) is 5.73 Å². The Morgan fingerprint density at radius 1 is 1.42 bits per heavy atom. The summed E-state index contributed by atoms with van der Waals surface area (Å²) < 4.78 is 0. The van der Waals surface area contributed by atoms with Crippen LogP contribution >= 0.6 is 0 Å². The molecule has 1 aromatic rings. The molecule has 4 nitrogen and oxygen atoms in total. The minimum Gasteiger partial charge on any atom is -0.383 e. The molecule has 1 aromatic heterocycles. The highest BCUT2D eigenvalue weighted by atomic mass is 16.1. The number of H-pyrrole nitrogens is 1. The normalized spacial score (nSPS) is 23.8. The molecule has 1 aliphatic rings. The summed E-state index contributed by atoms with van der Waals surface area (Å²) in [6, 6.07) is 0. The van der Waals surface area contributed by atoms with E-state index in [1.165, 1.54) is 19.3 Å². The number of aromatic nitrogens is 2. The third kappa shape index (κ3) is 2.99. The van der Waals surface area contributed by atoms with Gasteiger partial charge in [0.05, 0.1) is 5.56 Å². The second-order valence-electron chi connectivity index (χ2n) is 6.04. The van der Waals surface area contributed by atoms with Gasteiger partial charge >= 0.3 is 0 Å². The molecule has 0 aliphatic heterocycles. The second kappa shape index (κ2) is 5.76. The summed E-state index contributed by atoms with van der Waals surface area (Å²) in [4.78, 5) is 19.6. The number of hydrogen-bond acceptors (Lipinski definition) is 3. The predicted octanol–water partition coefficient (Wildman–Crippen LogP) is 3.16. The maximum absolute atomic E-state index is 12.1. The molecule has 4 heteroatoms. The molecule has 0 aromatic carbocycles. The molecule has 1 saturated carbocycles. The van der Waals surface area contributed by atoms with Crippen LogP contribution in [0.5, 0.6) is 0 Å². The van der Waals surface area contributed by atoms with E-state index in [0.717, 1.165) is 24.6 Å². The Balaban J connectivity index is 2.29. The lowest BCUT2D eigenvalue weighted by atomic mass is 9.80. The molecule has 19 heavy (non-hydrogen) atoms. The Morgan fingerprint density at radius 2 is 2.16 bits per heavy atom. The predicted molar refractivity (Wildman–Crippen MR) is 78.3 cm³/mol. The fourth-order valence-corrected chi connectivity index (χ4v) is 3.18. The van der Waals surface area contributed by atoms with Crippen LogP contribution in [0.15, 0.2) is 4.79 Å². The smallest absolute Gasteiger partial charge is 0.256 e. The molecule has 2 unspecified atom stereocenters. The van der Waals surface area contributed by atoms with Gasteiger partial charge in [-0.2, -0.15) is 0 Å². The molecule has 1 aliphatic carbocycles. The summed E-state index contributed by atoms with van der Waals surface area (Å²) >= 11 is 0. The van der Waals surface area contributed by atoms with Gasteiger partial charge in [0.2, 0.25) is 0 Å². The van der Waals surface area contributed by atoms with Crippen LogP contribution in [0.2, 0.25) is 0 Å². The number of nitrogen functional groups attached to an aromatic ring is 1. The van der Waals surface area contributed by atoms with Gasteiger partial charge < -0.3 is 10.7 Å². The number of anilines is 1. The molecule has 2 atom stereocenters. The Labute approximate surface area is 114 Å². The molecule has 106 valence electrons. The van der Waals surface area contributed by atoms with Crippen molar-refractivity contribution in [2.75, 3.05) is 5.73 Å². The third-order valence-corrected chi connectivity index (χ3v) is 4.33. The third-order valence-electron chi connectivity index (χ3n) is 4.33. The van der Waals surface area contributed by atoms with Gasteiger partial charge in [-0.05, 0) is 24.7 Å². The monoisotopic (exact) mass is 263 g/mol. The molecular formula is C15H25N3O. The fourth-order valence-electron chi connectivity index (χ4n) is 3.18. The quantitative estimate of drug-likeness (QED) is 0.880. The average Bonchev–Trinajstić information content (AvgIpc) is 2.37. The highest BCUT2D eigenvalue weighted by molar-refractivity contribution is 5.40. The van der Waals surface area contributed by atoms with Gasteiger partial charge in [-0.1, -0.05) is 40.0 Å². The van der Waals surface area contributed by atoms with E-state index in [9.17, 15) is 4.79 Å². The summed E-state index contributed by atoms with van der Waals surface area (Å²) in [5, 5.41) is 0. The summed E-state index contributed by atoms with van der Waals surface area (Å²) in [5.41, 5.74) is 6.52. The van der Waals surface area contributed by atoms with Crippen LogP contribution in [0.3, 0.4) is 0 Å². The molecule has 0 amide bonds. The number of hydrogen-bond donors (Lipinski definition) is 2. The van der Waals surface area contributed by atoms with Crippen molar-refractivity contribution in [3.8, 4) is 0 Å². The number of nitrogens with zero attached hydrogens (tertiary/aromatic N) is 1. The molecule has 3 N–H and O–H groups in total. The lowest BCUT2D eigenvalue weighted by Crippen LogP contribution is -2.24. The topological polar surface area (TPSA) is 71.8 Å². The van der Waals surface area contributed by atoms with Crippen LogP contribution in [0.1, 0.15) is 76.1 Å². The van der Waals surface area contributed by atoms with Gasteiger partial charge in [0.1, 0.15) is 11.6 Å². The van der Waals surface area contributed by atoms with E-state index in [1.54, 1.807) is 0 Å². The molecule has 0 bridgehead atoms. The molecule has 0 radical (unpaired) electrons. The Bertz CT molecular complexity index is 493. The van der Waals surface area contributed by atoms with Crippen molar-refractivity contribution in [1.29, 1.82) is 0 Å². The largest absolute Gasteiger partial charge is 0.383 e. The first-order chi connectivity index (χ1) is 9.02. The zero-order valence-electron chi connectivity index (χ0n) is 12.2. The zero-order valence-corrected chi connectivity index (χ0v) is 12.2. The van der Waals surface area contributed by atoms with E-state index in [0.29, 0.717) is 17.3 Å². The lowest BCUT2D eigenvalue weighted by Gasteiger charge is -2.28. The van der Waals surface area contributed by atoms with Crippen molar-refractivity contribution in [2.45, 2.75) is 64.7 Å². The molecule has 0 spiro atoms. The number of rotatable bonds is 3. The molecule has 2 rings (SSSR count). The van der Waals surface area contributed by atoms with E-state index in [-0.39, 0.29) is 11.5 Å². The van der Waals surface area contributed by atoms with Crippen molar-refractivity contribution in [2.24, 2.45) is 5.92 Å². The van der Waals surface area contributed by atoms with E-state index >= 15 is 0 Å². The van der Waals surface area contributed by atoms with Crippen molar-refractivity contribution >= 4 is 5.82 Å². The maximum Gasteiger partial charge on any atom is 0.256 e. The first kappa shape index (κ1) is 14.1. The van der Waals surface area contributed by atoms with Crippen molar-refractivity contribution in [3.05, 3.63) is 21.7 Å². The van der Waals surface area contributed by atoms with E-state index in [2.05, 4.69) is 16.9 Å². The average molecular weight is 263 g/mol. The van der Waals surface area contributed by atoms with Crippen molar-refractivity contribution < 1.29 is 0 Å². The minimum atomic E-state index is -0.0591. The van der Waals surface area contributed by atoms with E-state index in [1.807, 2.05) is 13.8 Å². The van der Waals surface area contributed by atoms with Gasteiger partial charge in [-0.3, -0.25) is 4.79 Å². The first-order valence-corrected chi connectivity index (χ1v) is 7.42. The SMILES string of the molecule is CCC1CCCC(c2nc(N)c(C(C)C)c(=O)[nH]2)C1. The minimum absolute atomic E-state index is 0.0591. The summed E-state index contributed by atoms with van der Waals surface area (Å²) in [6.07, 6.45) is 5.97. The highest BCUT2D eigenvalue weighted by Crippen LogP contribution is 2.36. The van der Waals surface area contributed by atoms with Gasteiger partial charge in [0, 0.05) is 5.92 Å². The van der Waals surface area contributed by atoms with Gasteiger partial charge in [-0.25, -0.2) is 4.98 Å². The lowest BCUT2D eigenvalue weighted by molar-refractivity contribution is 0.307. The number of aromatic amines is 1. The molecule has 0 saturated heterocycles. The van der Waals surface area contributed by atoms with Gasteiger partial charge in [0.25, 0.3) is 5.56 Å². The van der Waals surface area contributed by atoms with Crippen LogP contribution in [-0.4, -0.2) is 9.97 Å². The summed E-state index contributed by atoms with van der Waals surface area (Å²) in [6.45, 7) is 6.17. The first-order valence-electron chi connectivity index (χ1n) is 7.42. The van der Waals surface area contributed by atoms with Crippen molar-refractivity contribution in [1.82, 2.24) is 9.97 Å². The van der Waals surface area contributed by atoms with Crippen LogP contribution in [0.25, 0.3) is 0 Å². The fraction of sp³-hybridized carbons (Fsp3) is 0.733. The van der Waals surface area contributed by atoms with E-state index < -0.39 is 0 Å². The van der Waals surface area contributed by atoms with Crippen LogP contribution in [-0.2, 0) is 0 Å². The Kier molecular flexibility index (Phi) is 4.27. The number of nitrogens with two attached hydrogens (primary N) is 1. The highest BCUT2D eigenvalue weighted by Gasteiger charge is 2.25. The standard InChI is InChI=1S/C15H25N3O/c1-4-10-6-5-7-11(8-10)14-17-13(16)12(9(2)3)15(19)18-14/h9-11H,4-8H2,1-3H3,(H3,16,17,18,19). The molecule has 1 fully saturated rings. The number of nitrogens with one attached hydrogen (secondary N) is 1. The zero-order chi connectivity index (χ0) is 14.0. The van der Waals surface area contributed by atoms with Crippen molar-refractivity contribution in [3.63, 3.8) is 0 Å². The second-order valence-corrected chi connectivity index (χ2v) is 6.04.